The average Bonchev–Trinajstić information content (AvgIpc) is 3.06. The minimum absolute atomic E-state index is 0.215. The minimum Gasteiger partial charge on any atom is -0.321 e. The van der Waals surface area contributed by atoms with Crippen LogP contribution in [-0.2, 0) is 0 Å². The van der Waals surface area contributed by atoms with E-state index < -0.39 is 0 Å². The van der Waals surface area contributed by atoms with Crippen molar-refractivity contribution in [3.63, 3.8) is 0 Å². The second-order valence-electron chi connectivity index (χ2n) is 4.81. The summed E-state index contributed by atoms with van der Waals surface area (Å²) in [5.74, 6) is -0.503. The fourth-order valence-corrected chi connectivity index (χ4v) is 2.96. The second-order valence-corrected chi connectivity index (χ2v) is 5.90. The van der Waals surface area contributed by atoms with Crippen LogP contribution in [0.2, 0.25) is 0 Å². The standard InChI is InChI=1S/C18H11FN2OS/c19-14-5-3-13(4-6-14)16-9-10-17(23-16)18(22)21-15-7-1-12(11-20)2-8-15/h1-10H,(H,21,22). The van der Waals surface area contributed by atoms with Gasteiger partial charge in [-0.05, 0) is 54.1 Å². The molecule has 0 aliphatic rings. The summed E-state index contributed by atoms with van der Waals surface area (Å²) >= 11 is 1.34. The van der Waals surface area contributed by atoms with Crippen molar-refractivity contribution in [2.24, 2.45) is 0 Å². The molecule has 3 rings (SSSR count). The highest BCUT2D eigenvalue weighted by Crippen LogP contribution is 2.28. The van der Waals surface area contributed by atoms with E-state index in [0.29, 0.717) is 16.1 Å². The van der Waals surface area contributed by atoms with E-state index in [1.165, 1.54) is 23.5 Å². The van der Waals surface area contributed by atoms with Crippen LogP contribution in [0.5, 0.6) is 0 Å². The summed E-state index contributed by atoms with van der Waals surface area (Å²) in [7, 11) is 0. The molecular formula is C18H11FN2OS. The van der Waals surface area contributed by atoms with E-state index in [1.807, 2.05) is 12.1 Å². The quantitative estimate of drug-likeness (QED) is 0.761. The Kier molecular flexibility index (Phi) is 4.18. The van der Waals surface area contributed by atoms with E-state index in [2.05, 4.69) is 5.32 Å². The number of nitrogens with one attached hydrogen (secondary N) is 1. The molecule has 0 unspecified atom stereocenters. The molecule has 0 bridgehead atoms. The van der Waals surface area contributed by atoms with Gasteiger partial charge in [0.1, 0.15) is 5.82 Å². The first kappa shape index (κ1) is 14.9. The maximum absolute atomic E-state index is 13.0. The Labute approximate surface area is 136 Å². The van der Waals surface area contributed by atoms with E-state index in [-0.39, 0.29) is 11.7 Å². The van der Waals surface area contributed by atoms with E-state index in [4.69, 9.17) is 5.26 Å². The smallest absolute Gasteiger partial charge is 0.265 e. The van der Waals surface area contributed by atoms with Crippen LogP contribution >= 0.6 is 11.3 Å². The SMILES string of the molecule is N#Cc1ccc(NC(=O)c2ccc(-c3ccc(F)cc3)s2)cc1. The minimum atomic E-state index is -0.288. The maximum atomic E-state index is 13.0. The fourth-order valence-electron chi connectivity index (χ4n) is 2.05. The van der Waals surface area contributed by atoms with Crippen molar-refractivity contribution in [1.82, 2.24) is 0 Å². The van der Waals surface area contributed by atoms with Gasteiger partial charge in [0.25, 0.3) is 5.91 Å². The number of thiophene rings is 1. The lowest BCUT2D eigenvalue weighted by atomic mass is 10.2. The molecule has 2 aromatic carbocycles. The van der Waals surface area contributed by atoms with Crippen LogP contribution in [0.4, 0.5) is 10.1 Å². The molecule has 112 valence electrons. The molecule has 0 radical (unpaired) electrons. The van der Waals surface area contributed by atoms with Crippen LogP contribution in [0.1, 0.15) is 15.2 Å². The Hall–Kier alpha value is -2.97. The van der Waals surface area contributed by atoms with Gasteiger partial charge in [0.05, 0.1) is 16.5 Å². The van der Waals surface area contributed by atoms with Gasteiger partial charge in [-0.25, -0.2) is 4.39 Å². The molecule has 0 saturated heterocycles. The zero-order valence-electron chi connectivity index (χ0n) is 11.9. The van der Waals surface area contributed by atoms with Crippen LogP contribution in [-0.4, -0.2) is 5.91 Å². The van der Waals surface area contributed by atoms with Crippen molar-refractivity contribution < 1.29 is 9.18 Å². The van der Waals surface area contributed by atoms with Gasteiger partial charge in [-0.15, -0.1) is 11.3 Å². The number of rotatable bonds is 3. The molecule has 1 N–H and O–H groups in total. The maximum Gasteiger partial charge on any atom is 0.265 e. The molecule has 0 aliphatic carbocycles. The monoisotopic (exact) mass is 322 g/mol. The summed E-state index contributed by atoms with van der Waals surface area (Å²) in [5, 5.41) is 11.5. The normalized spacial score (nSPS) is 10.1. The Morgan fingerprint density at radius 1 is 1.00 bits per heavy atom. The number of hydrogen-bond donors (Lipinski definition) is 1. The lowest BCUT2D eigenvalue weighted by molar-refractivity contribution is 0.103. The summed E-state index contributed by atoms with van der Waals surface area (Å²) in [4.78, 5) is 13.7. The van der Waals surface area contributed by atoms with Gasteiger partial charge in [0.15, 0.2) is 0 Å². The largest absolute Gasteiger partial charge is 0.321 e. The number of nitrogens with zero attached hydrogens (tertiary/aromatic N) is 1. The van der Waals surface area contributed by atoms with Crippen LogP contribution < -0.4 is 5.32 Å². The lowest BCUT2D eigenvalue weighted by Crippen LogP contribution is -2.09. The van der Waals surface area contributed by atoms with Crippen molar-refractivity contribution in [1.29, 1.82) is 5.26 Å². The number of benzene rings is 2. The third-order valence-electron chi connectivity index (χ3n) is 3.23. The summed E-state index contributed by atoms with van der Waals surface area (Å²) in [6, 6.07) is 18.4. The molecule has 1 heterocycles. The summed E-state index contributed by atoms with van der Waals surface area (Å²) in [6.07, 6.45) is 0. The van der Waals surface area contributed by atoms with Gasteiger partial charge in [-0.2, -0.15) is 5.26 Å². The Bertz CT molecular complexity index is 877. The topological polar surface area (TPSA) is 52.9 Å². The number of anilines is 1. The number of carbonyl (C=O) groups excluding carboxylic acids is 1. The molecule has 1 amide bonds. The van der Waals surface area contributed by atoms with Crippen LogP contribution in [0.25, 0.3) is 10.4 Å². The van der Waals surface area contributed by atoms with Crippen LogP contribution in [0, 0.1) is 17.1 Å². The van der Waals surface area contributed by atoms with Crippen molar-refractivity contribution in [2.75, 3.05) is 5.32 Å². The van der Waals surface area contributed by atoms with E-state index >= 15 is 0 Å². The van der Waals surface area contributed by atoms with Gasteiger partial charge >= 0.3 is 0 Å². The third-order valence-corrected chi connectivity index (χ3v) is 4.36. The van der Waals surface area contributed by atoms with Gasteiger partial charge in [-0.1, -0.05) is 12.1 Å². The average molecular weight is 322 g/mol. The van der Waals surface area contributed by atoms with Gasteiger partial charge in [-0.3, -0.25) is 4.79 Å². The molecule has 3 nitrogen and oxygen atoms in total. The Morgan fingerprint density at radius 2 is 1.70 bits per heavy atom. The number of hydrogen-bond acceptors (Lipinski definition) is 3. The van der Waals surface area contributed by atoms with E-state index in [0.717, 1.165) is 10.4 Å². The molecule has 0 atom stereocenters. The predicted molar refractivity (Wildman–Crippen MR) is 88.8 cm³/mol. The molecule has 0 fully saturated rings. The molecule has 0 spiro atoms. The molecule has 0 aliphatic heterocycles. The second kappa shape index (κ2) is 6.42. The fraction of sp³-hybridized carbons (Fsp3) is 0. The summed E-state index contributed by atoms with van der Waals surface area (Å²) in [5.41, 5.74) is 2.04. The van der Waals surface area contributed by atoms with Gasteiger partial charge in [0, 0.05) is 10.6 Å². The highest BCUT2D eigenvalue weighted by molar-refractivity contribution is 7.17. The first-order valence-electron chi connectivity index (χ1n) is 6.83. The predicted octanol–water partition coefficient (Wildman–Crippen LogP) is 4.68. The number of nitriles is 1. The Morgan fingerprint density at radius 3 is 2.35 bits per heavy atom. The zero-order valence-corrected chi connectivity index (χ0v) is 12.7. The molecular weight excluding hydrogens is 311 g/mol. The summed E-state index contributed by atoms with van der Waals surface area (Å²) in [6.45, 7) is 0. The Balaban J connectivity index is 1.75. The molecule has 1 aromatic heterocycles. The lowest BCUT2D eigenvalue weighted by Gasteiger charge is -2.03. The number of carbonyl (C=O) groups is 1. The first-order chi connectivity index (χ1) is 11.2. The molecule has 3 aromatic rings. The highest BCUT2D eigenvalue weighted by atomic mass is 32.1. The zero-order chi connectivity index (χ0) is 16.2. The molecule has 5 heteroatoms. The van der Waals surface area contributed by atoms with Crippen molar-refractivity contribution in [2.45, 2.75) is 0 Å². The molecule has 0 saturated carbocycles. The summed E-state index contributed by atoms with van der Waals surface area (Å²) < 4.78 is 13.0. The third kappa shape index (κ3) is 3.44. The number of amides is 1. The van der Waals surface area contributed by atoms with E-state index in [1.54, 1.807) is 42.5 Å². The van der Waals surface area contributed by atoms with Crippen molar-refractivity contribution in [3.05, 3.63) is 76.9 Å². The van der Waals surface area contributed by atoms with Crippen LogP contribution in [0.15, 0.2) is 60.7 Å². The van der Waals surface area contributed by atoms with Gasteiger partial charge < -0.3 is 5.32 Å². The molecule has 23 heavy (non-hydrogen) atoms. The highest BCUT2D eigenvalue weighted by Gasteiger charge is 2.10. The van der Waals surface area contributed by atoms with Crippen molar-refractivity contribution >= 4 is 22.9 Å². The van der Waals surface area contributed by atoms with E-state index in [9.17, 15) is 9.18 Å². The first-order valence-corrected chi connectivity index (χ1v) is 7.64. The van der Waals surface area contributed by atoms with Crippen molar-refractivity contribution in [3.8, 4) is 16.5 Å². The van der Waals surface area contributed by atoms with Gasteiger partial charge in [0.2, 0.25) is 0 Å². The number of halogens is 1. The van der Waals surface area contributed by atoms with Crippen LogP contribution in [0.3, 0.4) is 0 Å².